The highest BCUT2D eigenvalue weighted by atomic mass is 32.2. The van der Waals surface area contributed by atoms with Crippen molar-refractivity contribution in [3.05, 3.63) is 77.4 Å². The van der Waals surface area contributed by atoms with Crippen LogP contribution < -0.4 is 14.8 Å². The van der Waals surface area contributed by atoms with E-state index in [-0.39, 0.29) is 21.5 Å². The van der Waals surface area contributed by atoms with E-state index in [2.05, 4.69) is 20.1 Å². The lowest BCUT2D eigenvalue weighted by Gasteiger charge is -2.13. The fourth-order valence-corrected chi connectivity index (χ4v) is 8.47. The number of aryl methyl sites for hydroxylation is 1. The topological polar surface area (TPSA) is 162 Å². The molecular formula is C28H26N6O6S3. The highest BCUT2D eigenvalue weighted by Gasteiger charge is 2.32. The molecule has 1 aliphatic rings. The Labute approximate surface area is 251 Å². The number of aromatic nitrogens is 4. The van der Waals surface area contributed by atoms with Gasteiger partial charge in [-0.05, 0) is 67.9 Å². The van der Waals surface area contributed by atoms with Crippen LogP contribution in [0.1, 0.15) is 28.5 Å². The summed E-state index contributed by atoms with van der Waals surface area (Å²) in [4.78, 5) is 22.6. The van der Waals surface area contributed by atoms with Crippen molar-refractivity contribution in [3.8, 4) is 17.0 Å². The molecule has 0 spiro atoms. The molecular weight excluding hydrogens is 613 g/mol. The van der Waals surface area contributed by atoms with E-state index in [9.17, 15) is 21.6 Å². The van der Waals surface area contributed by atoms with Gasteiger partial charge in [0.05, 0.1) is 51.9 Å². The number of benzene rings is 2. The summed E-state index contributed by atoms with van der Waals surface area (Å²) in [6.07, 6.45) is 1.90. The lowest BCUT2D eigenvalue weighted by atomic mass is 10.0. The molecule has 6 rings (SSSR count). The van der Waals surface area contributed by atoms with Crippen molar-refractivity contribution < 1.29 is 26.4 Å². The minimum absolute atomic E-state index is 0.0115. The Balaban J connectivity index is 1.37. The lowest BCUT2D eigenvalue weighted by Crippen LogP contribution is -2.15. The molecule has 1 aliphatic heterocycles. The number of hydrogen-bond acceptors (Lipinski definition) is 10. The lowest BCUT2D eigenvalue weighted by molar-refractivity contribution is 0.102. The first kappa shape index (κ1) is 28.8. The fraction of sp³-hybridized carbons (Fsp3) is 0.214. The molecule has 0 aliphatic carbocycles. The molecule has 5 aromatic rings. The van der Waals surface area contributed by atoms with Crippen LogP contribution in [0.5, 0.6) is 5.75 Å². The normalized spacial score (nSPS) is 16.3. The SMILES string of the molecule is COc1ccc(-c2cc(C(=O)Nc3ccc(S(=O)(=O)Nc4nccs4)cc3)c3c(C)nn(C4CCS(=O)(=O)C4)c3n2)cc1. The third kappa shape index (κ3) is 5.83. The highest BCUT2D eigenvalue weighted by molar-refractivity contribution is 7.93. The predicted molar refractivity (Wildman–Crippen MR) is 164 cm³/mol. The number of pyridine rings is 1. The molecule has 222 valence electrons. The van der Waals surface area contributed by atoms with Crippen LogP contribution in [0.4, 0.5) is 10.8 Å². The van der Waals surface area contributed by atoms with Crippen LogP contribution in [0.3, 0.4) is 0 Å². The number of methoxy groups -OCH3 is 1. The molecule has 1 saturated heterocycles. The van der Waals surface area contributed by atoms with E-state index in [1.54, 1.807) is 42.3 Å². The van der Waals surface area contributed by atoms with Crippen molar-refractivity contribution in [3.63, 3.8) is 0 Å². The first-order valence-electron chi connectivity index (χ1n) is 13.1. The number of amides is 1. The zero-order valence-electron chi connectivity index (χ0n) is 23.0. The first-order valence-corrected chi connectivity index (χ1v) is 17.3. The van der Waals surface area contributed by atoms with Crippen molar-refractivity contribution in [1.29, 1.82) is 0 Å². The Morgan fingerprint density at radius 3 is 2.49 bits per heavy atom. The van der Waals surface area contributed by atoms with Gasteiger partial charge < -0.3 is 10.1 Å². The number of anilines is 2. The van der Waals surface area contributed by atoms with Gasteiger partial charge in [-0.3, -0.25) is 9.52 Å². The van der Waals surface area contributed by atoms with E-state index < -0.39 is 31.8 Å². The zero-order chi connectivity index (χ0) is 30.4. The zero-order valence-corrected chi connectivity index (χ0v) is 25.5. The van der Waals surface area contributed by atoms with E-state index in [0.29, 0.717) is 45.8 Å². The van der Waals surface area contributed by atoms with Crippen molar-refractivity contribution in [2.24, 2.45) is 0 Å². The van der Waals surface area contributed by atoms with Crippen LogP contribution in [-0.4, -0.2) is 61.1 Å². The number of sulfone groups is 1. The van der Waals surface area contributed by atoms with Crippen LogP contribution >= 0.6 is 11.3 Å². The predicted octanol–water partition coefficient (Wildman–Crippen LogP) is 4.28. The van der Waals surface area contributed by atoms with Crippen LogP contribution in [0.25, 0.3) is 22.3 Å². The third-order valence-corrected chi connectivity index (χ3v) is 11.0. The Hall–Kier alpha value is -4.34. The van der Waals surface area contributed by atoms with Crippen molar-refractivity contribution in [2.45, 2.75) is 24.3 Å². The molecule has 0 radical (unpaired) electrons. The minimum Gasteiger partial charge on any atom is -0.497 e. The van der Waals surface area contributed by atoms with Gasteiger partial charge in [-0.15, -0.1) is 11.3 Å². The second-order valence-electron chi connectivity index (χ2n) is 9.99. The van der Waals surface area contributed by atoms with Gasteiger partial charge in [0.1, 0.15) is 5.75 Å². The summed E-state index contributed by atoms with van der Waals surface area (Å²) < 4.78 is 59.3. The van der Waals surface area contributed by atoms with Gasteiger partial charge in [0, 0.05) is 22.8 Å². The van der Waals surface area contributed by atoms with Crippen molar-refractivity contribution in [1.82, 2.24) is 19.7 Å². The minimum atomic E-state index is -3.86. The number of ether oxygens (including phenoxy) is 1. The molecule has 1 amide bonds. The van der Waals surface area contributed by atoms with Crippen LogP contribution in [0.2, 0.25) is 0 Å². The Bertz CT molecular complexity index is 2040. The number of sulfonamides is 1. The van der Waals surface area contributed by atoms with Crippen LogP contribution in [-0.2, 0) is 19.9 Å². The van der Waals surface area contributed by atoms with Gasteiger partial charge in [0.25, 0.3) is 15.9 Å². The molecule has 12 nitrogen and oxygen atoms in total. The molecule has 1 atom stereocenters. The average Bonchev–Trinajstić information content (AvgIpc) is 3.71. The molecule has 43 heavy (non-hydrogen) atoms. The van der Waals surface area contributed by atoms with E-state index >= 15 is 0 Å². The largest absolute Gasteiger partial charge is 0.497 e. The van der Waals surface area contributed by atoms with Gasteiger partial charge in [0.2, 0.25) is 0 Å². The molecule has 1 fully saturated rings. The quantitative estimate of drug-likeness (QED) is 0.253. The molecule has 0 bridgehead atoms. The number of fused-ring (bicyclic) bond motifs is 1. The van der Waals surface area contributed by atoms with E-state index in [1.807, 2.05) is 12.1 Å². The summed E-state index contributed by atoms with van der Waals surface area (Å²) in [5, 5.41) is 9.89. The monoisotopic (exact) mass is 638 g/mol. The maximum absolute atomic E-state index is 13.8. The molecule has 3 aromatic heterocycles. The second kappa shape index (κ2) is 11.1. The van der Waals surface area contributed by atoms with Gasteiger partial charge in [-0.2, -0.15) is 5.10 Å². The fourth-order valence-electron chi connectivity index (χ4n) is 4.99. The molecule has 4 heterocycles. The Morgan fingerprint density at radius 2 is 1.86 bits per heavy atom. The molecule has 2 aromatic carbocycles. The summed E-state index contributed by atoms with van der Waals surface area (Å²) >= 11 is 1.16. The number of carbonyl (C=O) groups excluding carboxylic acids is 1. The van der Waals surface area contributed by atoms with Crippen LogP contribution in [0, 0.1) is 6.92 Å². The summed E-state index contributed by atoms with van der Waals surface area (Å²) in [7, 11) is -5.49. The smallest absolute Gasteiger partial charge is 0.263 e. The number of nitrogens with zero attached hydrogens (tertiary/aromatic N) is 4. The van der Waals surface area contributed by atoms with Gasteiger partial charge in [-0.1, -0.05) is 0 Å². The Kier molecular flexibility index (Phi) is 7.40. The average molecular weight is 639 g/mol. The summed E-state index contributed by atoms with van der Waals surface area (Å²) in [6, 6.07) is 14.2. The van der Waals surface area contributed by atoms with Crippen molar-refractivity contribution in [2.75, 3.05) is 28.7 Å². The first-order chi connectivity index (χ1) is 20.5. The van der Waals surface area contributed by atoms with E-state index in [4.69, 9.17) is 9.72 Å². The summed E-state index contributed by atoms with van der Waals surface area (Å²) in [6.45, 7) is 1.75. The molecule has 15 heteroatoms. The number of rotatable bonds is 8. The number of nitrogens with one attached hydrogen (secondary N) is 2. The number of carbonyl (C=O) groups is 1. The van der Waals surface area contributed by atoms with Gasteiger partial charge in [0.15, 0.2) is 20.6 Å². The van der Waals surface area contributed by atoms with Gasteiger partial charge >= 0.3 is 0 Å². The van der Waals surface area contributed by atoms with E-state index in [0.717, 1.165) is 16.9 Å². The number of thiazole rings is 1. The molecule has 0 saturated carbocycles. The maximum atomic E-state index is 13.8. The second-order valence-corrected chi connectivity index (χ2v) is 14.8. The standard InChI is InChI=1S/C28H26N6O6S3/c1-17-25-23(27(35)30-19-5-9-22(10-6-19)43(38,39)33-28-29-12-13-41-28)15-24(18-3-7-21(40-2)8-4-18)31-26(25)34(32-17)20-11-14-42(36,37)16-20/h3-10,12-13,15,20H,11,14,16H2,1-2H3,(H,29,33)(H,30,35). The molecule has 2 N–H and O–H groups in total. The number of hydrogen-bond donors (Lipinski definition) is 2. The maximum Gasteiger partial charge on any atom is 0.263 e. The summed E-state index contributed by atoms with van der Waals surface area (Å²) in [5.74, 6) is 0.216. The summed E-state index contributed by atoms with van der Waals surface area (Å²) in [5.41, 5.74) is 2.84. The highest BCUT2D eigenvalue weighted by Crippen LogP contribution is 2.33. The van der Waals surface area contributed by atoms with Gasteiger partial charge in [-0.25, -0.2) is 31.5 Å². The van der Waals surface area contributed by atoms with Crippen LogP contribution in [0.15, 0.2) is 71.1 Å². The Morgan fingerprint density at radius 1 is 1.12 bits per heavy atom. The third-order valence-electron chi connectivity index (χ3n) is 7.10. The molecule has 1 unspecified atom stereocenters. The van der Waals surface area contributed by atoms with Crippen molar-refractivity contribution >= 4 is 59.0 Å². The van der Waals surface area contributed by atoms with E-state index in [1.165, 1.54) is 30.5 Å².